The van der Waals surface area contributed by atoms with Gasteiger partial charge < -0.3 is 5.32 Å². The summed E-state index contributed by atoms with van der Waals surface area (Å²) in [5.74, 6) is 0. The van der Waals surface area contributed by atoms with Crippen molar-refractivity contribution >= 4 is 0 Å². The fraction of sp³-hybridized carbons (Fsp3) is 0.684. The molecule has 1 aromatic rings. The Labute approximate surface area is 129 Å². The molecule has 2 heteroatoms. The second-order valence-electron chi connectivity index (χ2n) is 7.40. The molecule has 3 rings (SSSR count). The number of hydrogen-bond donors (Lipinski definition) is 1. The molecule has 0 aromatic heterocycles. The van der Waals surface area contributed by atoms with Gasteiger partial charge in [-0.05, 0) is 44.7 Å². The van der Waals surface area contributed by atoms with Crippen LogP contribution in [0.3, 0.4) is 0 Å². The Balaban J connectivity index is 1.73. The van der Waals surface area contributed by atoms with Crippen LogP contribution in [0.2, 0.25) is 0 Å². The number of nitrogens with one attached hydrogen (secondary N) is 1. The third kappa shape index (κ3) is 3.87. The molecular weight excluding hydrogens is 256 g/mol. The van der Waals surface area contributed by atoms with Crippen molar-refractivity contribution in [3.8, 4) is 0 Å². The van der Waals surface area contributed by atoms with Crippen LogP contribution in [-0.2, 0) is 5.41 Å². The maximum absolute atomic E-state index is 3.77. The zero-order valence-electron chi connectivity index (χ0n) is 13.6. The molecule has 1 saturated heterocycles. The Hall–Kier alpha value is -0.860. The van der Waals surface area contributed by atoms with Crippen LogP contribution in [0.25, 0.3) is 0 Å². The van der Waals surface area contributed by atoms with Crippen molar-refractivity contribution in [1.29, 1.82) is 0 Å². The zero-order valence-corrected chi connectivity index (χ0v) is 13.6. The number of benzene rings is 1. The first-order chi connectivity index (χ1) is 10.2. The van der Waals surface area contributed by atoms with Crippen LogP contribution in [0.5, 0.6) is 0 Å². The molecule has 0 spiro atoms. The van der Waals surface area contributed by atoms with E-state index in [9.17, 15) is 0 Å². The van der Waals surface area contributed by atoms with E-state index in [0.717, 1.165) is 18.6 Å². The van der Waals surface area contributed by atoms with Crippen molar-refractivity contribution in [2.45, 2.75) is 63.5 Å². The Morgan fingerprint density at radius 1 is 1.14 bits per heavy atom. The molecule has 1 aromatic carbocycles. The minimum Gasteiger partial charge on any atom is -0.313 e. The first-order valence-corrected chi connectivity index (χ1v) is 8.70. The fourth-order valence-corrected chi connectivity index (χ4v) is 3.59. The Morgan fingerprint density at radius 2 is 1.90 bits per heavy atom. The average molecular weight is 286 g/mol. The minimum absolute atomic E-state index is 0.218. The highest BCUT2D eigenvalue weighted by molar-refractivity contribution is 5.26. The van der Waals surface area contributed by atoms with E-state index in [0.29, 0.717) is 0 Å². The van der Waals surface area contributed by atoms with E-state index in [1.165, 1.54) is 50.8 Å². The third-order valence-corrected chi connectivity index (χ3v) is 5.32. The summed E-state index contributed by atoms with van der Waals surface area (Å²) >= 11 is 0. The van der Waals surface area contributed by atoms with Gasteiger partial charge in [0.2, 0.25) is 0 Å². The van der Waals surface area contributed by atoms with Gasteiger partial charge in [-0.25, -0.2) is 0 Å². The first kappa shape index (κ1) is 15.1. The SMILES string of the molecule is CC1CCCCN1CC(C)(CNC1CC1)c1ccccc1. The van der Waals surface area contributed by atoms with Gasteiger partial charge in [0.05, 0.1) is 0 Å². The largest absolute Gasteiger partial charge is 0.313 e. The Bertz CT molecular complexity index is 440. The van der Waals surface area contributed by atoms with Crippen LogP contribution < -0.4 is 5.32 Å². The Kier molecular flexibility index (Phi) is 4.66. The molecule has 1 saturated carbocycles. The van der Waals surface area contributed by atoms with Gasteiger partial charge in [-0.15, -0.1) is 0 Å². The minimum atomic E-state index is 0.218. The van der Waals surface area contributed by atoms with Crippen molar-refractivity contribution in [3.63, 3.8) is 0 Å². The molecule has 2 atom stereocenters. The van der Waals surface area contributed by atoms with Gasteiger partial charge >= 0.3 is 0 Å². The molecule has 1 aliphatic carbocycles. The molecule has 0 radical (unpaired) electrons. The molecule has 0 bridgehead atoms. The molecule has 2 nitrogen and oxygen atoms in total. The average Bonchev–Trinajstić information content (AvgIpc) is 3.33. The summed E-state index contributed by atoms with van der Waals surface area (Å²) < 4.78 is 0. The highest BCUT2D eigenvalue weighted by atomic mass is 15.2. The van der Waals surface area contributed by atoms with Gasteiger partial charge in [0.15, 0.2) is 0 Å². The molecule has 1 heterocycles. The standard InChI is InChI=1S/C19H30N2/c1-16-8-6-7-13-21(16)15-19(2,14-20-18-11-12-18)17-9-4-3-5-10-17/h3-5,9-10,16,18,20H,6-8,11-15H2,1-2H3. The number of piperidine rings is 1. The molecule has 21 heavy (non-hydrogen) atoms. The smallest absolute Gasteiger partial charge is 0.0177 e. The van der Waals surface area contributed by atoms with Crippen molar-refractivity contribution < 1.29 is 0 Å². The molecule has 0 amide bonds. The summed E-state index contributed by atoms with van der Waals surface area (Å²) in [6, 6.07) is 12.6. The van der Waals surface area contributed by atoms with Crippen molar-refractivity contribution in [2.75, 3.05) is 19.6 Å². The van der Waals surface area contributed by atoms with Crippen LogP contribution in [-0.4, -0.2) is 36.6 Å². The molecule has 2 fully saturated rings. The predicted octanol–water partition coefficient (Wildman–Crippen LogP) is 3.57. The van der Waals surface area contributed by atoms with Crippen LogP contribution in [0, 0.1) is 0 Å². The van der Waals surface area contributed by atoms with E-state index in [1.807, 2.05) is 0 Å². The van der Waals surface area contributed by atoms with Gasteiger partial charge in [-0.2, -0.15) is 0 Å². The second kappa shape index (κ2) is 6.50. The summed E-state index contributed by atoms with van der Waals surface area (Å²) in [4.78, 5) is 2.71. The summed E-state index contributed by atoms with van der Waals surface area (Å²) in [6.07, 6.45) is 6.86. The molecule has 2 aliphatic rings. The fourth-order valence-electron chi connectivity index (χ4n) is 3.59. The van der Waals surface area contributed by atoms with Crippen LogP contribution in [0.15, 0.2) is 30.3 Å². The lowest BCUT2D eigenvalue weighted by Gasteiger charge is -2.41. The van der Waals surface area contributed by atoms with E-state index in [-0.39, 0.29) is 5.41 Å². The monoisotopic (exact) mass is 286 g/mol. The van der Waals surface area contributed by atoms with Crippen molar-refractivity contribution in [2.24, 2.45) is 0 Å². The summed E-state index contributed by atoms with van der Waals surface area (Å²) in [5.41, 5.74) is 1.70. The quantitative estimate of drug-likeness (QED) is 0.860. The first-order valence-electron chi connectivity index (χ1n) is 8.70. The van der Waals surface area contributed by atoms with Crippen LogP contribution >= 0.6 is 0 Å². The molecule has 1 N–H and O–H groups in total. The number of likely N-dealkylation sites (tertiary alicyclic amines) is 1. The molecular formula is C19H30N2. The van der Waals surface area contributed by atoms with E-state index in [2.05, 4.69) is 54.4 Å². The van der Waals surface area contributed by atoms with Gasteiger partial charge in [0.1, 0.15) is 0 Å². The van der Waals surface area contributed by atoms with E-state index in [4.69, 9.17) is 0 Å². The van der Waals surface area contributed by atoms with Gasteiger partial charge in [-0.1, -0.05) is 43.7 Å². The van der Waals surface area contributed by atoms with E-state index in [1.54, 1.807) is 0 Å². The van der Waals surface area contributed by atoms with Crippen molar-refractivity contribution in [3.05, 3.63) is 35.9 Å². The molecule has 2 unspecified atom stereocenters. The van der Waals surface area contributed by atoms with Gasteiger partial charge in [0, 0.05) is 30.6 Å². The lowest BCUT2D eigenvalue weighted by atomic mass is 9.80. The highest BCUT2D eigenvalue weighted by Gasteiger charge is 2.33. The topological polar surface area (TPSA) is 15.3 Å². The lowest BCUT2D eigenvalue weighted by molar-refractivity contribution is 0.126. The highest BCUT2D eigenvalue weighted by Crippen LogP contribution is 2.29. The van der Waals surface area contributed by atoms with E-state index >= 15 is 0 Å². The lowest BCUT2D eigenvalue weighted by Crippen LogP contribution is -2.50. The second-order valence-corrected chi connectivity index (χ2v) is 7.40. The summed E-state index contributed by atoms with van der Waals surface area (Å²) in [6.45, 7) is 8.40. The maximum atomic E-state index is 3.77. The summed E-state index contributed by atoms with van der Waals surface area (Å²) in [7, 11) is 0. The predicted molar refractivity (Wildman–Crippen MR) is 89.7 cm³/mol. The van der Waals surface area contributed by atoms with Gasteiger partial charge in [-0.3, -0.25) is 4.90 Å². The summed E-state index contributed by atoms with van der Waals surface area (Å²) in [5, 5.41) is 3.77. The normalized spacial score (nSPS) is 26.5. The van der Waals surface area contributed by atoms with Crippen molar-refractivity contribution in [1.82, 2.24) is 10.2 Å². The van der Waals surface area contributed by atoms with Crippen LogP contribution in [0.4, 0.5) is 0 Å². The third-order valence-electron chi connectivity index (χ3n) is 5.32. The van der Waals surface area contributed by atoms with Crippen LogP contribution in [0.1, 0.15) is 51.5 Å². The number of hydrogen-bond acceptors (Lipinski definition) is 2. The maximum Gasteiger partial charge on any atom is 0.0177 e. The number of nitrogens with zero attached hydrogens (tertiary/aromatic N) is 1. The Morgan fingerprint density at radius 3 is 2.57 bits per heavy atom. The molecule has 116 valence electrons. The number of rotatable bonds is 6. The van der Waals surface area contributed by atoms with Gasteiger partial charge in [0.25, 0.3) is 0 Å². The van der Waals surface area contributed by atoms with E-state index < -0.39 is 0 Å². The zero-order chi connectivity index (χ0) is 14.7. The molecule has 1 aliphatic heterocycles.